The Labute approximate surface area is 198 Å². The maximum absolute atomic E-state index is 5.56. The second-order valence-electron chi connectivity index (χ2n) is 7.20. The van der Waals surface area contributed by atoms with Gasteiger partial charge in [0.2, 0.25) is 5.89 Å². The van der Waals surface area contributed by atoms with Crippen molar-refractivity contribution in [1.82, 2.24) is 20.5 Å². The summed E-state index contributed by atoms with van der Waals surface area (Å²) >= 11 is 1.62. The summed E-state index contributed by atoms with van der Waals surface area (Å²) in [4.78, 5) is 12.4. The SMILES string of the molecule is CN=C(NCc1ccc(CN2CCCC2)cc1)NCc1coc(-c2cccs2)n1.I. The van der Waals surface area contributed by atoms with E-state index in [1.165, 1.54) is 37.1 Å². The molecule has 0 aliphatic carbocycles. The zero-order valence-corrected chi connectivity index (χ0v) is 20.3. The van der Waals surface area contributed by atoms with Gasteiger partial charge in [0.05, 0.1) is 17.1 Å². The van der Waals surface area contributed by atoms with E-state index in [0.717, 1.165) is 29.6 Å². The molecule has 6 nitrogen and oxygen atoms in total. The Kier molecular flexibility index (Phi) is 8.71. The van der Waals surface area contributed by atoms with E-state index in [4.69, 9.17) is 4.42 Å². The fraction of sp³-hybridized carbons (Fsp3) is 0.364. The number of halogens is 1. The van der Waals surface area contributed by atoms with Gasteiger partial charge in [0.25, 0.3) is 0 Å². The van der Waals surface area contributed by atoms with E-state index in [9.17, 15) is 0 Å². The molecule has 1 aliphatic heterocycles. The Morgan fingerprint density at radius 3 is 2.53 bits per heavy atom. The first-order chi connectivity index (χ1) is 14.3. The second kappa shape index (κ2) is 11.5. The quantitative estimate of drug-likeness (QED) is 0.264. The Morgan fingerprint density at radius 2 is 1.83 bits per heavy atom. The third-order valence-electron chi connectivity index (χ3n) is 5.03. The maximum atomic E-state index is 5.56. The number of likely N-dealkylation sites (tertiary alicyclic amines) is 1. The van der Waals surface area contributed by atoms with Crippen LogP contribution in [0.5, 0.6) is 0 Å². The molecule has 0 radical (unpaired) electrons. The predicted octanol–water partition coefficient (Wildman–Crippen LogP) is 4.48. The summed E-state index contributed by atoms with van der Waals surface area (Å²) < 4.78 is 5.56. The highest BCUT2D eigenvalue weighted by atomic mass is 127. The van der Waals surface area contributed by atoms with Gasteiger partial charge >= 0.3 is 0 Å². The number of benzene rings is 1. The lowest BCUT2D eigenvalue weighted by molar-refractivity contribution is 0.331. The minimum absolute atomic E-state index is 0. The van der Waals surface area contributed by atoms with Crippen LogP contribution in [0.4, 0.5) is 0 Å². The predicted molar refractivity (Wildman–Crippen MR) is 133 cm³/mol. The van der Waals surface area contributed by atoms with Gasteiger partial charge in [0.15, 0.2) is 5.96 Å². The largest absolute Gasteiger partial charge is 0.443 e. The highest BCUT2D eigenvalue weighted by Gasteiger charge is 2.11. The molecule has 0 spiro atoms. The molecule has 1 fully saturated rings. The van der Waals surface area contributed by atoms with Gasteiger partial charge in [-0.1, -0.05) is 30.3 Å². The van der Waals surface area contributed by atoms with Crippen LogP contribution < -0.4 is 10.6 Å². The smallest absolute Gasteiger partial charge is 0.236 e. The molecule has 3 aromatic rings. The number of hydrogen-bond acceptors (Lipinski definition) is 5. The van der Waals surface area contributed by atoms with Crippen LogP contribution >= 0.6 is 35.3 Å². The van der Waals surface area contributed by atoms with Crippen molar-refractivity contribution in [2.24, 2.45) is 4.99 Å². The first-order valence-corrected chi connectivity index (χ1v) is 10.9. The molecule has 1 aliphatic rings. The third kappa shape index (κ3) is 6.29. The van der Waals surface area contributed by atoms with Crippen molar-refractivity contribution in [3.05, 3.63) is 64.9 Å². The average Bonchev–Trinajstić information content (AvgIpc) is 3.51. The van der Waals surface area contributed by atoms with Crippen molar-refractivity contribution in [3.63, 3.8) is 0 Å². The number of nitrogens with one attached hydrogen (secondary N) is 2. The summed E-state index contributed by atoms with van der Waals surface area (Å²) in [5.74, 6) is 1.40. The van der Waals surface area contributed by atoms with Crippen LogP contribution in [-0.4, -0.2) is 36.0 Å². The zero-order chi connectivity index (χ0) is 19.9. The Bertz CT molecular complexity index is 917. The summed E-state index contributed by atoms with van der Waals surface area (Å²) in [6, 6.07) is 12.8. The molecule has 3 heterocycles. The van der Waals surface area contributed by atoms with E-state index in [0.29, 0.717) is 12.4 Å². The standard InChI is InChI=1S/C22H27N5OS.HI/c1-23-22(25-14-19-16-28-21(26-19)20-5-4-12-29-20)24-13-17-6-8-18(9-7-17)15-27-10-2-3-11-27;/h4-9,12,16H,2-3,10-11,13-15H2,1H3,(H2,23,24,25);1H. The van der Waals surface area contributed by atoms with E-state index in [1.54, 1.807) is 24.6 Å². The topological polar surface area (TPSA) is 65.7 Å². The van der Waals surface area contributed by atoms with Crippen molar-refractivity contribution in [2.75, 3.05) is 20.1 Å². The van der Waals surface area contributed by atoms with Gasteiger partial charge in [0, 0.05) is 20.1 Å². The number of hydrogen-bond donors (Lipinski definition) is 2. The molecule has 2 N–H and O–H groups in total. The van der Waals surface area contributed by atoms with Crippen LogP contribution in [0.2, 0.25) is 0 Å². The number of nitrogens with zero attached hydrogens (tertiary/aromatic N) is 3. The number of rotatable bonds is 7. The summed E-state index contributed by atoms with van der Waals surface area (Å²) in [7, 11) is 1.77. The molecule has 160 valence electrons. The minimum atomic E-state index is 0. The Morgan fingerprint density at radius 1 is 1.10 bits per heavy atom. The van der Waals surface area contributed by atoms with Crippen LogP contribution in [-0.2, 0) is 19.6 Å². The van der Waals surface area contributed by atoms with E-state index in [2.05, 4.69) is 49.8 Å². The molecular formula is C22H28IN5OS. The van der Waals surface area contributed by atoms with Crippen molar-refractivity contribution >= 4 is 41.3 Å². The molecule has 0 bridgehead atoms. The number of oxazole rings is 1. The molecule has 0 saturated carbocycles. The Hall–Kier alpha value is -1.91. The van der Waals surface area contributed by atoms with Crippen molar-refractivity contribution in [3.8, 4) is 10.8 Å². The maximum Gasteiger partial charge on any atom is 0.236 e. The first kappa shape index (κ1) is 22.8. The lowest BCUT2D eigenvalue weighted by Crippen LogP contribution is -2.36. The number of aromatic nitrogens is 1. The fourth-order valence-electron chi connectivity index (χ4n) is 3.44. The van der Waals surface area contributed by atoms with Crippen LogP contribution in [0.25, 0.3) is 10.8 Å². The molecule has 0 unspecified atom stereocenters. The van der Waals surface area contributed by atoms with Gasteiger partial charge in [-0.25, -0.2) is 4.98 Å². The molecule has 30 heavy (non-hydrogen) atoms. The van der Waals surface area contributed by atoms with Gasteiger partial charge < -0.3 is 15.1 Å². The normalized spacial score (nSPS) is 14.5. The van der Waals surface area contributed by atoms with E-state index in [1.807, 2.05) is 17.5 Å². The summed E-state index contributed by atoms with van der Waals surface area (Å²) in [5, 5.41) is 8.66. The Balaban J connectivity index is 0.00000256. The van der Waals surface area contributed by atoms with Crippen LogP contribution in [0.3, 0.4) is 0 Å². The monoisotopic (exact) mass is 537 g/mol. The third-order valence-corrected chi connectivity index (χ3v) is 5.89. The summed E-state index contributed by atoms with van der Waals surface area (Å²) in [6.45, 7) is 4.80. The molecule has 8 heteroatoms. The first-order valence-electron chi connectivity index (χ1n) is 10.0. The highest BCUT2D eigenvalue weighted by Crippen LogP contribution is 2.23. The van der Waals surface area contributed by atoms with E-state index >= 15 is 0 Å². The zero-order valence-electron chi connectivity index (χ0n) is 17.1. The van der Waals surface area contributed by atoms with Crippen LogP contribution in [0, 0.1) is 0 Å². The van der Waals surface area contributed by atoms with E-state index < -0.39 is 0 Å². The second-order valence-corrected chi connectivity index (χ2v) is 8.15. The highest BCUT2D eigenvalue weighted by molar-refractivity contribution is 14.0. The van der Waals surface area contributed by atoms with Gasteiger partial charge in [-0.15, -0.1) is 35.3 Å². The summed E-state index contributed by atoms with van der Waals surface area (Å²) in [6.07, 6.45) is 4.35. The van der Waals surface area contributed by atoms with Crippen molar-refractivity contribution < 1.29 is 4.42 Å². The van der Waals surface area contributed by atoms with Gasteiger partial charge in [-0.3, -0.25) is 9.89 Å². The van der Waals surface area contributed by atoms with Gasteiger partial charge in [0.1, 0.15) is 6.26 Å². The summed E-state index contributed by atoms with van der Waals surface area (Å²) in [5.41, 5.74) is 3.47. The van der Waals surface area contributed by atoms with Crippen LogP contribution in [0.15, 0.2) is 57.5 Å². The average molecular weight is 537 g/mol. The lowest BCUT2D eigenvalue weighted by atomic mass is 10.1. The minimum Gasteiger partial charge on any atom is -0.443 e. The van der Waals surface area contributed by atoms with Crippen LogP contribution in [0.1, 0.15) is 29.7 Å². The molecule has 1 saturated heterocycles. The van der Waals surface area contributed by atoms with Crippen molar-refractivity contribution in [2.45, 2.75) is 32.5 Å². The molecule has 2 aromatic heterocycles. The van der Waals surface area contributed by atoms with Gasteiger partial charge in [-0.2, -0.15) is 0 Å². The molecular weight excluding hydrogens is 509 g/mol. The number of thiophene rings is 1. The molecule has 0 amide bonds. The molecule has 1 aromatic carbocycles. The fourth-order valence-corrected chi connectivity index (χ4v) is 4.10. The molecule has 4 rings (SSSR count). The van der Waals surface area contributed by atoms with Crippen molar-refractivity contribution in [1.29, 1.82) is 0 Å². The molecule has 0 atom stereocenters. The number of guanidine groups is 1. The van der Waals surface area contributed by atoms with E-state index in [-0.39, 0.29) is 24.0 Å². The number of aliphatic imine (C=N–C) groups is 1. The lowest BCUT2D eigenvalue weighted by Gasteiger charge is -2.15. The van der Waals surface area contributed by atoms with Gasteiger partial charge in [-0.05, 0) is 48.5 Å².